The van der Waals surface area contributed by atoms with E-state index < -0.39 is 11.9 Å². The molecule has 0 saturated carbocycles. The quantitative estimate of drug-likeness (QED) is 0.247. The summed E-state index contributed by atoms with van der Waals surface area (Å²) in [7, 11) is 0. The summed E-state index contributed by atoms with van der Waals surface area (Å²) >= 11 is 0. The van der Waals surface area contributed by atoms with Gasteiger partial charge < -0.3 is 14.6 Å². The number of carboxylic acids is 1. The molecule has 0 rings (SSSR count). The van der Waals surface area contributed by atoms with Crippen molar-refractivity contribution in [3.63, 3.8) is 0 Å². The third-order valence-corrected chi connectivity index (χ3v) is 0.895. The summed E-state index contributed by atoms with van der Waals surface area (Å²) in [5.74, 6) is -1.80. The van der Waals surface area contributed by atoms with Crippen molar-refractivity contribution in [2.24, 2.45) is 0 Å². The second kappa shape index (κ2) is 8.77. The fraction of sp³-hybridized carbons (Fsp3) is 0.429. The van der Waals surface area contributed by atoms with Crippen molar-refractivity contribution in [1.82, 2.24) is 0 Å². The van der Waals surface area contributed by atoms with Crippen LogP contribution in [0.15, 0.2) is 12.7 Å². The van der Waals surface area contributed by atoms with E-state index >= 15 is 0 Å². The molecule has 0 aromatic carbocycles. The van der Waals surface area contributed by atoms with E-state index in [1.54, 1.807) is 0 Å². The third kappa shape index (κ3) is 9.68. The first-order chi connectivity index (χ1) is 5.16. The minimum absolute atomic E-state index is 0. The topological polar surface area (TPSA) is 66.4 Å². The predicted octanol–water partition coefficient (Wildman–Crippen LogP) is -3.75. The Morgan fingerprint density at radius 2 is 2.00 bits per heavy atom. The number of ether oxygens (including phenoxy) is 1. The normalized spacial score (nSPS) is 8.00. The summed E-state index contributed by atoms with van der Waals surface area (Å²) in [6.45, 7) is 3.44. The number of rotatable bonds is 5. The fourth-order valence-corrected chi connectivity index (χ4v) is 0.428. The molecule has 5 heteroatoms. The molecule has 0 aromatic rings. The minimum Gasteiger partial charge on any atom is -0.550 e. The Morgan fingerprint density at radius 3 is 2.42 bits per heavy atom. The predicted molar refractivity (Wildman–Crippen MR) is 35.4 cm³/mol. The Labute approximate surface area is 92.9 Å². The summed E-state index contributed by atoms with van der Waals surface area (Å²) in [5.41, 5.74) is 0. The van der Waals surface area contributed by atoms with Crippen LogP contribution in [0.2, 0.25) is 0 Å². The van der Waals surface area contributed by atoms with E-state index in [0.717, 1.165) is 0 Å². The zero-order valence-corrected chi connectivity index (χ0v) is 9.04. The average molecular weight is 180 g/mol. The second-order valence-corrected chi connectivity index (χ2v) is 1.84. The van der Waals surface area contributed by atoms with Gasteiger partial charge >= 0.3 is 35.5 Å². The first-order valence-electron chi connectivity index (χ1n) is 3.13. The summed E-state index contributed by atoms with van der Waals surface area (Å²) in [4.78, 5) is 20.4. The maximum atomic E-state index is 10.5. The van der Waals surface area contributed by atoms with E-state index in [9.17, 15) is 14.7 Å². The first-order valence-corrected chi connectivity index (χ1v) is 3.13. The second-order valence-electron chi connectivity index (χ2n) is 1.84. The molecule has 0 N–H and O–H groups in total. The number of carboxylic acid groups (broad SMARTS) is 1. The smallest absolute Gasteiger partial charge is 0.550 e. The molecule has 0 aliphatic carbocycles. The van der Waals surface area contributed by atoms with Gasteiger partial charge in [0.05, 0.1) is 6.42 Å². The van der Waals surface area contributed by atoms with Gasteiger partial charge in [-0.3, -0.25) is 4.79 Å². The van der Waals surface area contributed by atoms with Gasteiger partial charge in [0.2, 0.25) is 0 Å². The van der Waals surface area contributed by atoms with Crippen molar-refractivity contribution in [3.8, 4) is 0 Å². The van der Waals surface area contributed by atoms with Crippen LogP contribution in [0.5, 0.6) is 0 Å². The van der Waals surface area contributed by atoms with Crippen LogP contribution in [0.25, 0.3) is 0 Å². The average Bonchev–Trinajstić information content (AvgIpc) is 1.97. The number of hydrogen-bond acceptors (Lipinski definition) is 4. The molecular formula is C7H9NaO4. The van der Waals surface area contributed by atoms with E-state index in [-0.39, 0.29) is 49.0 Å². The van der Waals surface area contributed by atoms with E-state index in [1.807, 2.05) is 0 Å². The molecule has 0 radical (unpaired) electrons. The standard InChI is InChI=1S/C7H10O4.Na/c1-2-5-11-7(10)4-3-6(8)9;/h2H,1,3-5H2,(H,8,9);/q;+1/p-1. The van der Waals surface area contributed by atoms with E-state index in [2.05, 4.69) is 11.3 Å². The Balaban J connectivity index is 0. The molecule has 0 aromatic heterocycles. The number of carbonyl (C=O) groups is 2. The van der Waals surface area contributed by atoms with E-state index in [1.165, 1.54) is 6.08 Å². The Bertz CT molecular complexity index is 167. The van der Waals surface area contributed by atoms with Crippen LogP contribution in [0.4, 0.5) is 0 Å². The maximum Gasteiger partial charge on any atom is 1.00 e. The summed E-state index contributed by atoms with van der Waals surface area (Å²) in [6.07, 6.45) is 0.975. The van der Waals surface area contributed by atoms with Gasteiger partial charge in [-0.05, 0) is 6.42 Å². The Morgan fingerprint density at radius 1 is 1.42 bits per heavy atom. The van der Waals surface area contributed by atoms with Crippen LogP contribution < -0.4 is 34.7 Å². The molecule has 62 valence electrons. The third-order valence-electron chi connectivity index (χ3n) is 0.895. The van der Waals surface area contributed by atoms with E-state index in [0.29, 0.717) is 0 Å². The van der Waals surface area contributed by atoms with Gasteiger partial charge in [-0.25, -0.2) is 0 Å². The monoisotopic (exact) mass is 180 g/mol. The number of esters is 1. The number of hydrogen-bond donors (Lipinski definition) is 0. The van der Waals surface area contributed by atoms with Gasteiger partial charge in [-0.2, -0.15) is 0 Å². The van der Waals surface area contributed by atoms with Gasteiger partial charge in [0.25, 0.3) is 0 Å². The van der Waals surface area contributed by atoms with Crippen LogP contribution in [-0.4, -0.2) is 18.5 Å². The van der Waals surface area contributed by atoms with Gasteiger partial charge in [-0.15, -0.1) is 0 Å². The van der Waals surface area contributed by atoms with Crippen molar-refractivity contribution in [3.05, 3.63) is 12.7 Å². The van der Waals surface area contributed by atoms with Crippen LogP contribution in [0.1, 0.15) is 12.8 Å². The number of carbonyl (C=O) groups excluding carboxylic acids is 2. The molecule has 4 nitrogen and oxygen atoms in total. The van der Waals surface area contributed by atoms with Crippen LogP contribution in [0.3, 0.4) is 0 Å². The van der Waals surface area contributed by atoms with Crippen molar-refractivity contribution < 1.29 is 49.0 Å². The molecule has 0 spiro atoms. The largest absolute Gasteiger partial charge is 1.00 e. The molecule has 0 heterocycles. The molecule has 0 aliphatic heterocycles. The zero-order valence-electron chi connectivity index (χ0n) is 7.04. The zero-order chi connectivity index (χ0) is 8.69. The number of aliphatic carboxylic acids is 1. The Hall–Kier alpha value is -0.320. The first kappa shape index (κ1) is 14.2. The van der Waals surface area contributed by atoms with Crippen molar-refractivity contribution in [2.45, 2.75) is 12.8 Å². The summed E-state index contributed by atoms with van der Waals surface area (Å²) < 4.78 is 4.49. The fourth-order valence-electron chi connectivity index (χ4n) is 0.428. The van der Waals surface area contributed by atoms with Crippen LogP contribution in [-0.2, 0) is 14.3 Å². The minimum atomic E-state index is -1.25. The van der Waals surface area contributed by atoms with Crippen LogP contribution >= 0.6 is 0 Å². The summed E-state index contributed by atoms with van der Waals surface area (Å²) in [5, 5.41) is 9.84. The van der Waals surface area contributed by atoms with Crippen molar-refractivity contribution in [1.29, 1.82) is 0 Å². The summed E-state index contributed by atoms with van der Waals surface area (Å²) in [6, 6.07) is 0. The molecular weight excluding hydrogens is 171 g/mol. The van der Waals surface area contributed by atoms with Crippen molar-refractivity contribution in [2.75, 3.05) is 6.61 Å². The van der Waals surface area contributed by atoms with E-state index in [4.69, 9.17) is 0 Å². The molecule has 12 heavy (non-hydrogen) atoms. The van der Waals surface area contributed by atoms with Gasteiger partial charge in [0.1, 0.15) is 6.61 Å². The molecule has 0 amide bonds. The van der Waals surface area contributed by atoms with Crippen LogP contribution in [0, 0.1) is 0 Å². The van der Waals surface area contributed by atoms with Crippen molar-refractivity contribution >= 4 is 11.9 Å². The molecule has 0 atom stereocenters. The Kier molecular flexibility index (Phi) is 10.4. The SMILES string of the molecule is C=CCOC(=O)CCC(=O)[O-].[Na+]. The van der Waals surface area contributed by atoms with Gasteiger partial charge in [0, 0.05) is 5.97 Å². The molecule has 0 saturated heterocycles. The maximum absolute atomic E-state index is 10.5. The van der Waals surface area contributed by atoms with Gasteiger partial charge in [0.15, 0.2) is 0 Å². The molecule has 0 fully saturated rings. The van der Waals surface area contributed by atoms with Gasteiger partial charge in [-0.1, -0.05) is 12.7 Å². The molecule has 0 bridgehead atoms. The molecule has 0 aliphatic rings. The molecule has 0 unspecified atom stereocenters.